The zero-order valence-corrected chi connectivity index (χ0v) is 21.8. The first-order valence-corrected chi connectivity index (χ1v) is 12.5. The average Bonchev–Trinajstić information content (AvgIpc) is 3.07. The number of ether oxygens (including phenoxy) is 2. The van der Waals surface area contributed by atoms with Crippen LogP contribution in [-0.2, 0) is 14.3 Å². The Morgan fingerprint density at radius 3 is 2.34 bits per heavy atom. The van der Waals surface area contributed by atoms with Crippen LogP contribution < -0.4 is 4.74 Å². The largest absolute Gasteiger partial charge is 0.507 e. The maximum absolute atomic E-state index is 13.2. The first-order valence-electron chi connectivity index (χ1n) is 12.1. The van der Waals surface area contributed by atoms with Gasteiger partial charge < -0.3 is 19.5 Å². The van der Waals surface area contributed by atoms with Gasteiger partial charge in [0.15, 0.2) is 0 Å². The molecule has 1 N–H and O–H groups in total. The molecular weight excluding hydrogens is 466 g/mol. The molecule has 1 atom stereocenters. The van der Waals surface area contributed by atoms with Gasteiger partial charge in [-0.25, -0.2) is 0 Å². The van der Waals surface area contributed by atoms with Crippen molar-refractivity contribution < 1.29 is 24.2 Å². The van der Waals surface area contributed by atoms with Gasteiger partial charge in [-0.1, -0.05) is 49.7 Å². The molecule has 1 saturated heterocycles. The van der Waals surface area contributed by atoms with Crippen molar-refractivity contribution in [3.63, 3.8) is 0 Å². The molecule has 1 heterocycles. The lowest BCUT2D eigenvalue weighted by Gasteiger charge is -2.26. The summed E-state index contributed by atoms with van der Waals surface area (Å²) in [6, 6.07) is 11.9. The Morgan fingerprint density at radius 1 is 1.09 bits per heavy atom. The van der Waals surface area contributed by atoms with Crippen LogP contribution in [0.3, 0.4) is 0 Å². The molecule has 0 aromatic heterocycles. The standard InChI is InChI=1S/C28H34ClNO5/c1-6-34-23-13-12-21(16-22(23)29)26(31)24-25(20-10-8-19(9-11-20)17(2)3)30(28(33)27(24)32)14-7-15-35-18(4)5/h8-13,16-18,25,31H,6-7,14-15H2,1-5H3/t25-/m1/s1. The predicted octanol–water partition coefficient (Wildman–Crippen LogP) is 6.10. The number of nitrogens with zero attached hydrogens (tertiary/aromatic N) is 1. The lowest BCUT2D eigenvalue weighted by molar-refractivity contribution is -0.140. The highest BCUT2D eigenvalue weighted by molar-refractivity contribution is 6.46. The zero-order chi connectivity index (χ0) is 25.7. The number of aliphatic hydroxyl groups excluding tert-OH is 1. The van der Waals surface area contributed by atoms with Crippen molar-refractivity contribution in [2.24, 2.45) is 0 Å². The molecule has 1 amide bonds. The van der Waals surface area contributed by atoms with Gasteiger partial charge in [0, 0.05) is 18.7 Å². The summed E-state index contributed by atoms with van der Waals surface area (Å²) in [6.07, 6.45) is 0.648. The molecule has 3 rings (SSSR count). The fourth-order valence-corrected chi connectivity index (χ4v) is 4.39. The molecule has 2 aromatic carbocycles. The van der Waals surface area contributed by atoms with Crippen LogP contribution >= 0.6 is 11.6 Å². The van der Waals surface area contributed by atoms with Crippen LogP contribution in [0.15, 0.2) is 48.0 Å². The number of likely N-dealkylation sites (tertiary alicyclic amines) is 1. The summed E-state index contributed by atoms with van der Waals surface area (Å²) in [5.41, 5.74) is 2.31. The van der Waals surface area contributed by atoms with Crippen LogP contribution in [0.25, 0.3) is 5.76 Å². The number of benzene rings is 2. The van der Waals surface area contributed by atoms with Gasteiger partial charge >= 0.3 is 0 Å². The molecule has 2 aromatic rings. The van der Waals surface area contributed by atoms with Crippen LogP contribution in [0.4, 0.5) is 0 Å². The third-order valence-electron chi connectivity index (χ3n) is 5.96. The van der Waals surface area contributed by atoms with E-state index in [0.29, 0.717) is 48.4 Å². The number of Topliss-reactive ketones (excluding diaryl/α,β-unsaturated/α-hetero) is 1. The quantitative estimate of drug-likeness (QED) is 0.185. The van der Waals surface area contributed by atoms with E-state index in [1.165, 1.54) is 4.90 Å². The molecule has 0 radical (unpaired) electrons. The highest BCUT2D eigenvalue weighted by atomic mass is 35.5. The minimum atomic E-state index is -0.713. The average molecular weight is 500 g/mol. The van der Waals surface area contributed by atoms with Crippen molar-refractivity contribution in [3.8, 4) is 5.75 Å². The number of halogens is 1. The Hall–Kier alpha value is -2.83. The monoisotopic (exact) mass is 499 g/mol. The predicted molar refractivity (Wildman–Crippen MR) is 138 cm³/mol. The van der Waals surface area contributed by atoms with Crippen molar-refractivity contribution in [1.82, 2.24) is 4.90 Å². The summed E-state index contributed by atoms with van der Waals surface area (Å²) in [5, 5.41) is 11.6. The Bertz CT molecular complexity index is 1090. The van der Waals surface area contributed by atoms with Crippen molar-refractivity contribution in [2.45, 2.75) is 59.1 Å². The molecule has 0 spiro atoms. The van der Waals surface area contributed by atoms with Gasteiger partial charge in [-0.3, -0.25) is 9.59 Å². The highest BCUT2D eigenvalue weighted by Crippen LogP contribution is 2.40. The summed E-state index contributed by atoms with van der Waals surface area (Å²) < 4.78 is 11.1. The summed E-state index contributed by atoms with van der Waals surface area (Å²) >= 11 is 6.33. The van der Waals surface area contributed by atoms with E-state index in [-0.39, 0.29) is 17.4 Å². The molecule has 188 valence electrons. The Labute approximate surface area is 212 Å². The van der Waals surface area contributed by atoms with Crippen LogP contribution in [0.1, 0.15) is 69.7 Å². The zero-order valence-electron chi connectivity index (χ0n) is 21.0. The number of hydrogen-bond acceptors (Lipinski definition) is 5. The highest BCUT2D eigenvalue weighted by Gasteiger charge is 2.45. The first-order chi connectivity index (χ1) is 16.6. The van der Waals surface area contributed by atoms with E-state index in [2.05, 4.69) is 13.8 Å². The summed E-state index contributed by atoms with van der Waals surface area (Å²) in [7, 11) is 0. The summed E-state index contributed by atoms with van der Waals surface area (Å²) in [6.45, 7) is 11.2. The van der Waals surface area contributed by atoms with E-state index < -0.39 is 17.7 Å². The van der Waals surface area contributed by atoms with E-state index in [4.69, 9.17) is 21.1 Å². The van der Waals surface area contributed by atoms with E-state index in [1.807, 2.05) is 45.0 Å². The molecule has 0 saturated carbocycles. The topological polar surface area (TPSA) is 76.1 Å². The number of aliphatic hydroxyl groups is 1. The second-order valence-corrected chi connectivity index (χ2v) is 9.57. The molecule has 35 heavy (non-hydrogen) atoms. The fourth-order valence-electron chi connectivity index (χ4n) is 4.15. The third-order valence-corrected chi connectivity index (χ3v) is 6.25. The minimum Gasteiger partial charge on any atom is -0.507 e. The number of ketones is 1. The van der Waals surface area contributed by atoms with Crippen LogP contribution in [0.5, 0.6) is 5.75 Å². The fraction of sp³-hybridized carbons (Fsp3) is 0.429. The smallest absolute Gasteiger partial charge is 0.295 e. The maximum Gasteiger partial charge on any atom is 0.295 e. The number of carbonyl (C=O) groups is 2. The molecule has 1 aliphatic rings. The van der Waals surface area contributed by atoms with Gasteiger partial charge in [0.25, 0.3) is 11.7 Å². The lowest BCUT2D eigenvalue weighted by Crippen LogP contribution is -2.31. The first kappa shape index (κ1) is 26.8. The molecule has 0 aliphatic carbocycles. The number of rotatable bonds is 10. The van der Waals surface area contributed by atoms with Crippen LogP contribution in [0.2, 0.25) is 5.02 Å². The Morgan fingerprint density at radius 2 is 1.77 bits per heavy atom. The van der Waals surface area contributed by atoms with Gasteiger partial charge in [-0.2, -0.15) is 0 Å². The van der Waals surface area contributed by atoms with Crippen molar-refractivity contribution in [2.75, 3.05) is 19.8 Å². The normalized spacial score (nSPS) is 17.6. The summed E-state index contributed by atoms with van der Waals surface area (Å²) in [4.78, 5) is 27.8. The van der Waals surface area contributed by atoms with Crippen molar-refractivity contribution in [1.29, 1.82) is 0 Å². The number of hydrogen-bond donors (Lipinski definition) is 1. The Balaban J connectivity index is 2.05. The molecule has 0 unspecified atom stereocenters. The Kier molecular flexibility index (Phi) is 8.98. The third kappa shape index (κ3) is 6.06. The van der Waals surface area contributed by atoms with Gasteiger partial charge in [-0.15, -0.1) is 0 Å². The van der Waals surface area contributed by atoms with Gasteiger partial charge in [-0.05, 0) is 62.4 Å². The maximum atomic E-state index is 13.2. The SMILES string of the molecule is CCOc1ccc(C(O)=C2C(=O)C(=O)N(CCCOC(C)C)[C@@H]2c2ccc(C(C)C)cc2)cc1Cl. The second kappa shape index (κ2) is 11.7. The summed E-state index contributed by atoms with van der Waals surface area (Å²) in [5.74, 6) is -0.778. The van der Waals surface area contributed by atoms with Crippen molar-refractivity contribution in [3.05, 3.63) is 69.8 Å². The molecule has 0 bridgehead atoms. The number of amides is 1. The number of carbonyl (C=O) groups excluding carboxylic acids is 2. The van der Waals surface area contributed by atoms with Crippen LogP contribution in [0, 0.1) is 0 Å². The molecule has 1 aliphatic heterocycles. The second-order valence-electron chi connectivity index (χ2n) is 9.17. The molecule has 6 nitrogen and oxygen atoms in total. The van der Waals surface area contributed by atoms with Crippen LogP contribution in [-0.4, -0.2) is 47.6 Å². The van der Waals surface area contributed by atoms with Gasteiger partial charge in [0.2, 0.25) is 0 Å². The van der Waals surface area contributed by atoms with E-state index in [1.54, 1.807) is 18.2 Å². The molecular formula is C28H34ClNO5. The minimum absolute atomic E-state index is 0.0531. The van der Waals surface area contributed by atoms with Crippen molar-refractivity contribution >= 4 is 29.1 Å². The van der Waals surface area contributed by atoms with E-state index in [9.17, 15) is 14.7 Å². The molecule has 1 fully saturated rings. The van der Waals surface area contributed by atoms with Gasteiger partial charge in [0.1, 0.15) is 11.5 Å². The lowest BCUT2D eigenvalue weighted by atomic mass is 9.93. The van der Waals surface area contributed by atoms with E-state index in [0.717, 1.165) is 11.1 Å². The van der Waals surface area contributed by atoms with Gasteiger partial charge in [0.05, 0.1) is 29.3 Å². The van der Waals surface area contributed by atoms with E-state index >= 15 is 0 Å². The molecule has 7 heteroatoms.